The molecule has 0 unspecified atom stereocenters. The topological polar surface area (TPSA) is 29.3 Å². The molecule has 1 aromatic carbocycles. The highest BCUT2D eigenvalue weighted by Gasteiger charge is 2.34. The van der Waals surface area contributed by atoms with Gasteiger partial charge in [-0.3, -0.25) is 4.90 Å². The Morgan fingerprint density at radius 3 is 2.45 bits per heavy atom. The molecule has 1 fully saturated rings. The highest BCUT2D eigenvalue weighted by molar-refractivity contribution is 9.10. The van der Waals surface area contributed by atoms with Crippen LogP contribution in [0.3, 0.4) is 0 Å². The van der Waals surface area contributed by atoms with Crippen LogP contribution in [0.2, 0.25) is 0 Å². The van der Waals surface area contributed by atoms with Crippen molar-refractivity contribution in [3.63, 3.8) is 0 Å². The molecule has 0 radical (unpaired) electrons. The van der Waals surface area contributed by atoms with Crippen molar-refractivity contribution < 1.29 is 13.2 Å². The number of piperidine rings is 1. The minimum atomic E-state index is -4.31. The van der Waals surface area contributed by atoms with Crippen molar-refractivity contribution in [3.8, 4) is 0 Å². The first-order valence-electron chi connectivity index (χ1n) is 6.68. The second kappa shape index (κ2) is 6.45. The molecule has 0 spiro atoms. The molecular weight excluding hydrogens is 333 g/mol. The summed E-state index contributed by atoms with van der Waals surface area (Å²) in [5.74, 6) is 0.512. The van der Waals surface area contributed by atoms with Gasteiger partial charge in [0.15, 0.2) is 0 Å². The lowest BCUT2D eigenvalue weighted by molar-refractivity contribution is -0.138. The Morgan fingerprint density at radius 1 is 1.25 bits per heavy atom. The van der Waals surface area contributed by atoms with E-state index in [0.29, 0.717) is 29.0 Å². The molecule has 0 amide bonds. The van der Waals surface area contributed by atoms with Gasteiger partial charge in [0, 0.05) is 11.0 Å². The van der Waals surface area contributed by atoms with Crippen LogP contribution in [0.5, 0.6) is 0 Å². The Balaban J connectivity index is 2.10. The van der Waals surface area contributed by atoms with E-state index in [1.165, 1.54) is 0 Å². The number of benzene rings is 1. The summed E-state index contributed by atoms with van der Waals surface area (Å²) in [6, 6.07) is 4.38. The Morgan fingerprint density at radius 2 is 1.90 bits per heavy atom. The van der Waals surface area contributed by atoms with E-state index in [0.717, 1.165) is 32.0 Å². The molecule has 0 atom stereocenters. The summed E-state index contributed by atoms with van der Waals surface area (Å²) < 4.78 is 39.6. The lowest BCUT2D eigenvalue weighted by Crippen LogP contribution is -2.36. The van der Waals surface area contributed by atoms with Crippen molar-refractivity contribution in [1.82, 2.24) is 4.90 Å². The zero-order valence-corrected chi connectivity index (χ0v) is 12.7. The summed E-state index contributed by atoms with van der Waals surface area (Å²) in [5, 5.41) is 0. The quantitative estimate of drug-likeness (QED) is 0.901. The Kier molecular flexibility index (Phi) is 5.09. The fraction of sp³-hybridized carbons (Fsp3) is 0.571. The van der Waals surface area contributed by atoms with Crippen LogP contribution in [0.4, 0.5) is 13.2 Å². The monoisotopic (exact) mass is 350 g/mol. The average molecular weight is 351 g/mol. The maximum atomic E-state index is 13.0. The zero-order chi connectivity index (χ0) is 14.8. The standard InChI is InChI=1S/C14H18BrF3N2/c15-12-2-1-11(13(7-12)14(16,17)18)9-20-5-3-10(8-19)4-6-20/h1-2,7,10H,3-6,8-9,19H2. The van der Waals surface area contributed by atoms with Crippen LogP contribution in [-0.2, 0) is 12.7 Å². The van der Waals surface area contributed by atoms with Crippen LogP contribution >= 0.6 is 15.9 Å². The minimum Gasteiger partial charge on any atom is -0.330 e. The molecule has 1 saturated heterocycles. The van der Waals surface area contributed by atoms with Gasteiger partial charge in [-0.2, -0.15) is 13.2 Å². The maximum absolute atomic E-state index is 13.0. The number of alkyl halides is 3. The summed E-state index contributed by atoms with van der Waals surface area (Å²) in [6.07, 6.45) is -2.38. The molecule has 0 aromatic heterocycles. The molecule has 0 saturated carbocycles. The largest absolute Gasteiger partial charge is 0.416 e. The van der Waals surface area contributed by atoms with Crippen LogP contribution in [0.1, 0.15) is 24.0 Å². The smallest absolute Gasteiger partial charge is 0.330 e. The molecule has 1 aromatic rings. The average Bonchev–Trinajstić information content (AvgIpc) is 2.40. The third kappa shape index (κ3) is 3.96. The lowest BCUT2D eigenvalue weighted by atomic mass is 9.96. The summed E-state index contributed by atoms with van der Waals surface area (Å²) in [6.45, 7) is 2.64. The van der Waals surface area contributed by atoms with Gasteiger partial charge in [-0.25, -0.2) is 0 Å². The van der Waals surface area contributed by atoms with E-state index in [1.54, 1.807) is 12.1 Å². The van der Waals surface area contributed by atoms with Crippen LogP contribution in [-0.4, -0.2) is 24.5 Å². The third-order valence-corrected chi connectivity index (χ3v) is 4.31. The number of nitrogens with two attached hydrogens (primary N) is 1. The van der Waals surface area contributed by atoms with Crippen LogP contribution in [0.15, 0.2) is 22.7 Å². The normalized spacial score (nSPS) is 18.4. The van der Waals surface area contributed by atoms with Crippen molar-refractivity contribution in [2.75, 3.05) is 19.6 Å². The molecule has 0 bridgehead atoms. The lowest BCUT2D eigenvalue weighted by Gasteiger charge is -2.32. The first-order chi connectivity index (χ1) is 9.40. The highest BCUT2D eigenvalue weighted by atomic mass is 79.9. The molecule has 2 N–H and O–H groups in total. The van der Waals surface area contributed by atoms with Gasteiger partial charge in [0.25, 0.3) is 0 Å². The Hall–Kier alpha value is -0.590. The molecule has 1 aliphatic heterocycles. The van der Waals surface area contributed by atoms with Crippen molar-refractivity contribution >= 4 is 15.9 Å². The second-order valence-corrected chi connectivity index (χ2v) is 6.17. The first kappa shape index (κ1) is 15.8. The summed E-state index contributed by atoms with van der Waals surface area (Å²) >= 11 is 3.10. The fourth-order valence-electron chi connectivity index (χ4n) is 2.57. The van der Waals surface area contributed by atoms with Crippen molar-refractivity contribution in [2.45, 2.75) is 25.6 Å². The number of hydrogen-bond donors (Lipinski definition) is 1. The minimum absolute atomic E-state index is 0.340. The molecule has 2 rings (SSSR count). The van der Waals surface area contributed by atoms with E-state index in [-0.39, 0.29) is 0 Å². The number of hydrogen-bond acceptors (Lipinski definition) is 2. The van der Waals surface area contributed by atoms with Crippen LogP contribution in [0, 0.1) is 5.92 Å². The van der Waals surface area contributed by atoms with E-state index < -0.39 is 11.7 Å². The fourth-order valence-corrected chi connectivity index (χ4v) is 2.93. The Labute approximate surface area is 125 Å². The van der Waals surface area contributed by atoms with Gasteiger partial charge < -0.3 is 5.73 Å². The molecule has 6 heteroatoms. The van der Waals surface area contributed by atoms with Gasteiger partial charge in [-0.1, -0.05) is 22.0 Å². The molecule has 2 nitrogen and oxygen atoms in total. The van der Waals surface area contributed by atoms with Crippen LogP contribution in [0.25, 0.3) is 0 Å². The number of rotatable bonds is 3. The molecule has 1 aliphatic rings. The predicted molar refractivity (Wildman–Crippen MR) is 76.2 cm³/mol. The predicted octanol–water partition coefficient (Wildman–Crippen LogP) is 3.64. The van der Waals surface area contributed by atoms with E-state index >= 15 is 0 Å². The zero-order valence-electron chi connectivity index (χ0n) is 11.1. The molecule has 0 aliphatic carbocycles. The molecule has 20 heavy (non-hydrogen) atoms. The third-order valence-electron chi connectivity index (χ3n) is 3.81. The van der Waals surface area contributed by atoms with E-state index in [2.05, 4.69) is 20.8 Å². The number of likely N-dealkylation sites (tertiary alicyclic amines) is 1. The number of nitrogens with zero attached hydrogens (tertiary/aromatic N) is 1. The Bertz CT molecular complexity index is 454. The van der Waals surface area contributed by atoms with E-state index in [4.69, 9.17) is 5.73 Å². The molecular formula is C14H18BrF3N2. The van der Waals surface area contributed by atoms with Gasteiger partial charge in [0.1, 0.15) is 0 Å². The van der Waals surface area contributed by atoms with E-state index in [1.807, 2.05) is 0 Å². The van der Waals surface area contributed by atoms with Gasteiger partial charge in [-0.15, -0.1) is 0 Å². The SMILES string of the molecule is NCC1CCN(Cc2ccc(Br)cc2C(F)(F)F)CC1. The van der Waals surface area contributed by atoms with Gasteiger partial charge in [0.05, 0.1) is 5.56 Å². The highest BCUT2D eigenvalue weighted by Crippen LogP contribution is 2.34. The van der Waals surface area contributed by atoms with E-state index in [9.17, 15) is 13.2 Å². The van der Waals surface area contributed by atoms with Crippen LogP contribution < -0.4 is 5.73 Å². The first-order valence-corrected chi connectivity index (χ1v) is 7.47. The van der Waals surface area contributed by atoms with Gasteiger partial charge >= 0.3 is 6.18 Å². The van der Waals surface area contributed by atoms with Gasteiger partial charge in [0.2, 0.25) is 0 Å². The number of halogens is 4. The molecule has 112 valence electrons. The summed E-state index contributed by atoms with van der Waals surface area (Å²) in [4.78, 5) is 2.07. The van der Waals surface area contributed by atoms with Crippen molar-refractivity contribution in [1.29, 1.82) is 0 Å². The van der Waals surface area contributed by atoms with Gasteiger partial charge in [-0.05, 0) is 56.1 Å². The maximum Gasteiger partial charge on any atom is 0.416 e. The second-order valence-electron chi connectivity index (χ2n) is 5.25. The summed E-state index contributed by atoms with van der Waals surface area (Å²) in [7, 11) is 0. The van der Waals surface area contributed by atoms with Crippen molar-refractivity contribution in [3.05, 3.63) is 33.8 Å². The molecule has 1 heterocycles. The summed E-state index contributed by atoms with van der Waals surface area (Å²) in [5.41, 5.74) is 5.42. The van der Waals surface area contributed by atoms with Crippen molar-refractivity contribution in [2.24, 2.45) is 11.7 Å².